The Hall–Kier alpha value is -0.830. The van der Waals surface area contributed by atoms with Gasteiger partial charge in [-0.05, 0) is 45.1 Å². The highest BCUT2D eigenvalue weighted by molar-refractivity contribution is 7.10. The maximum absolute atomic E-state index is 12.1. The summed E-state index contributed by atoms with van der Waals surface area (Å²) in [5.41, 5.74) is -0.897. The number of ether oxygens (including phenoxy) is 1. The van der Waals surface area contributed by atoms with Crippen molar-refractivity contribution in [1.82, 2.24) is 0 Å². The van der Waals surface area contributed by atoms with Gasteiger partial charge in [-0.15, -0.1) is 11.3 Å². The first kappa shape index (κ1) is 14.2. The second-order valence-corrected chi connectivity index (χ2v) is 6.14. The van der Waals surface area contributed by atoms with Crippen molar-refractivity contribution in [1.29, 1.82) is 0 Å². The minimum Gasteiger partial charge on any atom is -0.453 e. The van der Waals surface area contributed by atoms with Crippen molar-refractivity contribution in [2.75, 3.05) is 0 Å². The molecule has 0 fully saturated rings. The second kappa shape index (κ2) is 5.21. The van der Waals surface area contributed by atoms with Crippen molar-refractivity contribution < 1.29 is 9.53 Å². The molecule has 3 heteroatoms. The topological polar surface area (TPSA) is 26.3 Å². The van der Waals surface area contributed by atoms with E-state index in [-0.39, 0.29) is 5.97 Å². The molecule has 1 atom stereocenters. The summed E-state index contributed by atoms with van der Waals surface area (Å²) < 4.78 is 5.76. The lowest BCUT2D eigenvalue weighted by atomic mass is 9.90. The first-order valence-corrected chi connectivity index (χ1v) is 7.01. The summed E-state index contributed by atoms with van der Waals surface area (Å²) in [4.78, 5) is 13.3. The van der Waals surface area contributed by atoms with E-state index in [1.807, 2.05) is 52.1 Å². The van der Waals surface area contributed by atoms with Crippen LogP contribution < -0.4 is 0 Å². The van der Waals surface area contributed by atoms with Crippen LogP contribution in [0.4, 0.5) is 0 Å². The van der Waals surface area contributed by atoms with E-state index in [0.29, 0.717) is 0 Å². The van der Waals surface area contributed by atoms with Gasteiger partial charge in [0, 0.05) is 4.88 Å². The molecule has 0 aliphatic rings. The van der Waals surface area contributed by atoms with Crippen molar-refractivity contribution in [3.8, 4) is 0 Å². The van der Waals surface area contributed by atoms with E-state index in [2.05, 4.69) is 0 Å². The Bertz CT molecular complexity index is 368. The smallest absolute Gasteiger partial charge is 0.312 e. The minimum atomic E-state index is -0.488. The monoisotopic (exact) mass is 254 g/mol. The van der Waals surface area contributed by atoms with E-state index in [4.69, 9.17) is 4.74 Å². The van der Waals surface area contributed by atoms with Crippen molar-refractivity contribution in [2.24, 2.45) is 5.41 Å². The van der Waals surface area contributed by atoms with Gasteiger partial charge < -0.3 is 4.74 Å². The predicted molar refractivity (Wildman–Crippen MR) is 72.1 cm³/mol. The predicted octanol–water partition coefficient (Wildman–Crippen LogP) is 4.35. The Kier molecular flexibility index (Phi) is 4.36. The highest BCUT2D eigenvalue weighted by Crippen LogP contribution is 2.35. The van der Waals surface area contributed by atoms with E-state index < -0.39 is 11.0 Å². The molecular formula is C14H22O2S. The molecule has 1 aromatic heterocycles. The molecular weight excluding hydrogens is 232 g/mol. The average molecular weight is 254 g/mol. The first-order valence-electron chi connectivity index (χ1n) is 6.13. The van der Waals surface area contributed by atoms with E-state index in [1.165, 1.54) is 0 Å². The Morgan fingerprint density at radius 1 is 1.29 bits per heavy atom. The molecule has 0 amide bonds. The van der Waals surface area contributed by atoms with Gasteiger partial charge in [-0.3, -0.25) is 4.79 Å². The molecule has 0 saturated carbocycles. The molecule has 2 nitrogen and oxygen atoms in total. The van der Waals surface area contributed by atoms with Gasteiger partial charge in [0.25, 0.3) is 0 Å². The van der Waals surface area contributed by atoms with Gasteiger partial charge in [0.05, 0.1) is 5.41 Å². The molecule has 1 aromatic rings. The summed E-state index contributed by atoms with van der Waals surface area (Å²) in [6, 6.07) is 4.02. The summed E-state index contributed by atoms with van der Waals surface area (Å²) in [7, 11) is 0. The van der Waals surface area contributed by atoms with Gasteiger partial charge >= 0.3 is 5.97 Å². The van der Waals surface area contributed by atoms with E-state index in [0.717, 1.165) is 17.7 Å². The van der Waals surface area contributed by atoms with Crippen LogP contribution in [0.15, 0.2) is 17.5 Å². The second-order valence-electron chi connectivity index (χ2n) is 5.19. The van der Waals surface area contributed by atoms with Crippen LogP contribution in [0.1, 0.15) is 52.3 Å². The third-order valence-electron chi connectivity index (χ3n) is 3.47. The molecule has 1 heterocycles. The summed E-state index contributed by atoms with van der Waals surface area (Å²) in [6.45, 7) is 9.91. The van der Waals surface area contributed by atoms with Crippen LogP contribution >= 0.6 is 11.3 Å². The zero-order valence-electron chi connectivity index (χ0n) is 11.4. The summed E-state index contributed by atoms with van der Waals surface area (Å²) in [5, 5.41) is 2.02. The van der Waals surface area contributed by atoms with Crippen molar-refractivity contribution in [2.45, 2.75) is 53.1 Å². The molecule has 1 rings (SSSR count). The third kappa shape index (κ3) is 3.09. The van der Waals surface area contributed by atoms with Gasteiger partial charge in [0.15, 0.2) is 0 Å². The maximum atomic E-state index is 12.1. The molecule has 0 aromatic carbocycles. The number of carbonyl (C=O) groups is 1. The molecule has 0 saturated heterocycles. The molecule has 1 unspecified atom stereocenters. The number of hydrogen-bond acceptors (Lipinski definition) is 3. The zero-order valence-corrected chi connectivity index (χ0v) is 12.2. The summed E-state index contributed by atoms with van der Waals surface area (Å²) in [5.74, 6) is -0.113. The van der Waals surface area contributed by atoms with Gasteiger partial charge in [-0.2, -0.15) is 0 Å². The fourth-order valence-electron chi connectivity index (χ4n) is 1.36. The van der Waals surface area contributed by atoms with Crippen LogP contribution in [-0.4, -0.2) is 5.97 Å². The lowest BCUT2D eigenvalue weighted by Crippen LogP contribution is -2.34. The van der Waals surface area contributed by atoms with Crippen LogP contribution in [0.5, 0.6) is 0 Å². The highest BCUT2D eigenvalue weighted by Gasteiger charge is 2.36. The van der Waals surface area contributed by atoms with Crippen LogP contribution in [0.25, 0.3) is 0 Å². The van der Waals surface area contributed by atoms with Crippen molar-refractivity contribution >= 4 is 17.3 Å². The van der Waals surface area contributed by atoms with Crippen LogP contribution in [0.3, 0.4) is 0 Å². The Balaban J connectivity index is 2.88. The molecule has 0 radical (unpaired) electrons. The Labute approximate surface area is 108 Å². The number of rotatable bonds is 5. The number of thiophene rings is 1. The fraction of sp³-hybridized carbons (Fsp3) is 0.643. The SMILES string of the molecule is CCC(C)(C)C(=O)OC(C)(CC)c1cccs1. The lowest BCUT2D eigenvalue weighted by Gasteiger charge is -2.31. The lowest BCUT2D eigenvalue weighted by molar-refractivity contribution is -0.170. The summed E-state index contributed by atoms with van der Waals surface area (Å²) >= 11 is 1.64. The molecule has 0 N–H and O–H groups in total. The van der Waals surface area contributed by atoms with Gasteiger partial charge in [-0.25, -0.2) is 0 Å². The average Bonchev–Trinajstić information content (AvgIpc) is 2.82. The van der Waals surface area contributed by atoms with Crippen LogP contribution in [-0.2, 0) is 15.1 Å². The van der Waals surface area contributed by atoms with Crippen LogP contribution in [0.2, 0.25) is 0 Å². The van der Waals surface area contributed by atoms with Gasteiger partial charge in [0.1, 0.15) is 5.60 Å². The quantitative estimate of drug-likeness (QED) is 0.730. The molecule has 17 heavy (non-hydrogen) atoms. The Morgan fingerprint density at radius 3 is 2.35 bits per heavy atom. The number of hydrogen-bond donors (Lipinski definition) is 0. The zero-order chi connectivity index (χ0) is 13.1. The van der Waals surface area contributed by atoms with E-state index in [9.17, 15) is 4.79 Å². The van der Waals surface area contributed by atoms with Crippen LogP contribution in [0, 0.1) is 5.41 Å². The maximum Gasteiger partial charge on any atom is 0.312 e. The fourth-order valence-corrected chi connectivity index (χ4v) is 2.26. The van der Waals surface area contributed by atoms with Gasteiger partial charge in [-0.1, -0.05) is 19.9 Å². The van der Waals surface area contributed by atoms with E-state index >= 15 is 0 Å². The molecule has 0 spiro atoms. The minimum absolute atomic E-state index is 0.113. The van der Waals surface area contributed by atoms with Crippen molar-refractivity contribution in [3.05, 3.63) is 22.4 Å². The molecule has 0 bridgehead atoms. The largest absolute Gasteiger partial charge is 0.453 e. The Morgan fingerprint density at radius 2 is 1.94 bits per heavy atom. The molecule has 0 aliphatic carbocycles. The standard InChI is InChI=1S/C14H22O2S/c1-6-13(3,4)12(15)16-14(5,7-2)11-9-8-10-17-11/h8-10H,6-7H2,1-5H3. The third-order valence-corrected chi connectivity index (χ3v) is 4.59. The van der Waals surface area contributed by atoms with Crippen molar-refractivity contribution in [3.63, 3.8) is 0 Å². The van der Waals surface area contributed by atoms with Gasteiger partial charge in [0.2, 0.25) is 0 Å². The summed E-state index contributed by atoms with van der Waals surface area (Å²) in [6.07, 6.45) is 1.58. The molecule has 96 valence electrons. The first-order chi connectivity index (χ1) is 7.85. The van der Waals surface area contributed by atoms with E-state index in [1.54, 1.807) is 11.3 Å². The number of esters is 1. The molecule has 0 aliphatic heterocycles. The highest BCUT2D eigenvalue weighted by atomic mass is 32.1. The number of carbonyl (C=O) groups excluding carboxylic acids is 1. The normalized spacial score (nSPS) is 15.4.